The van der Waals surface area contributed by atoms with Crippen molar-refractivity contribution < 1.29 is 9.53 Å². The minimum Gasteiger partial charge on any atom is -0.465 e. The van der Waals surface area contributed by atoms with Crippen LogP contribution in [-0.4, -0.2) is 24.7 Å². The number of nitrogens with one attached hydrogen (secondary N) is 1. The molecule has 0 saturated heterocycles. The Morgan fingerprint density at radius 1 is 1.62 bits per heavy atom. The number of hydrogen-bond donors (Lipinski definition) is 1. The second kappa shape index (κ2) is 4.61. The van der Waals surface area contributed by atoms with Gasteiger partial charge in [0.25, 0.3) is 0 Å². The second-order valence-corrected chi connectivity index (χ2v) is 3.70. The fourth-order valence-electron chi connectivity index (χ4n) is 1.41. The van der Waals surface area contributed by atoms with E-state index in [2.05, 4.69) is 12.2 Å². The van der Waals surface area contributed by atoms with Crippen molar-refractivity contribution in [3.63, 3.8) is 0 Å². The summed E-state index contributed by atoms with van der Waals surface area (Å²) in [6.07, 6.45) is 2.00. The van der Waals surface area contributed by atoms with Gasteiger partial charge in [-0.25, -0.2) is 0 Å². The molecular formula is C10H19NO2. The molecule has 1 aliphatic rings. The number of hydrogen-bond acceptors (Lipinski definition) is 3. The molecule has 0 bridgehead atoms. The zero-order valence-corrected chi connectivity index (χ0v) is 8.67. The average molecular weight is 185 g/mol. The van der Waals surface area contributed by atoms with E-state index in [9.17, 15) is 4.79 Å². The monoisotopic (exact) mass is 185 g/mol. The van der Waals surface area contributed by atoms with Crippen LogP contribution in [-0.2, 0) is 9.53 Å². The van der Waals surface area contributed by atoms with Gasteiger partial charge in [-0.15, -0.1) is 0 Å². The summed E-state index contributed by atoms with van der Waals surface area (Å²) in [6, 6.07) is 0.434. The van der Waals surface area contributed by atoms with Gasteiger partial charge < -0.3 is 10.1 Å². The summed E-state index contributed by atoms with van der Waals surface area (Å²) in [5.74, 6) is 0.618. The smallest absolute Gasteiger partial charge is 0.323 e. The summed E-state index contributed by atoms with van der Waals surface area (Å²) >= 11 is 0. The van der Waals surface area contributed by atoms with Crippen LogP contribution in [0.15, 0.2) is 0 Å². The Labute approximate surface area is 79.8 Å². The molecule has 1 fully saturated rings. The lowest BCUT2D eigenvalue weighted by molar-refractivity contribution is -0.145. The molecule has 1 N–H and O–H groups in total. The maximum atomic E-state index is 11.4. The minimum absolute atomic E-state index is 0.102. The zero-order valence-electron chi connectivity index (χ0n) is 8.67. The van der Waals surface area contributed by atoms with E-state index in [0.717, 1.165) is 12.3 Å². The molecule has 0 radical (unpaired) electrons. The third-order valence-corrected chi connectivity index (χ3v) is 2.50. The molecule has 1 rings (SSSR count). The molecule has 13 heavy (non-hydrogen) atoms. The Morgan fingerprint density at radius 2 is 2.23 bits per heavy atom. The first-order chi connectivity index (χ1) is 6.19. The second-order valence-electron chi connectivity index (χ2n) is 3.70. The van der Waals surface area contributed by atoms with Crippen LogP contribution in [0.1, 0.15) is 33.6 Å². The Balaban J connectivity index is 2.29. The molecule has 3 heteroatoms. The Kier molecular flexibility index (Phi) is 3.72. The summed E-state index contributed by atoms with van der Waals surface area (Å²) in [5.41, 5.74) is 0. The first kappa shape index (κ1) is 10.5. The van der Waals surface area contributed by atoms with Gasteiger partial charge in [-0.05, 0) is 25.7 Å². The molecule has 0 aromatic rings. The van der Waals surface area contributed by atoms with Crippen molar-refractivity contribution in [2.45, 2.75) is 45.7 Å². The van der Waals surface area contributed by atoms with E-state index in [4.69, 9.17) is 4.74 Å². The third kappa shape index (κ3) is 2.99. The van der Waals surface area contributed by atoms with Crippen LogP contribution in [0.2, 0.25) is 0 Å². The largest absolute Gasteiger partial charge is 0.465 e. The summed E-state index contributed by atoms with van der Waals surface area (Å²) in [5, 5.41) is 3.30. The Morgan fingerprint density at radius 3 is 2.62 bits per heavy atom. The minimum atomic E-state index is -0.107. The normalized spacial score (nSPS) is 28.2. The van der Waals surface area contributed by atoms with Gasteiger partial charge in [0.2, 0.25) is 0 Å². The lowest BCUT2D eigenvalue weighted by atomic mass is 10.2. The summed E-state index contributed by atoms with van der Waals surface area (Å²) in [6.45, 7) is 6.50. The fourth-order valence-corrected chi connectivity index (χ4v) is 1.41. The molecule has 3 nitrogen and oxygen atoms in total. The van der Waals surface area contributed by atoms with Crippen molar-refractivity contribution in [2.24, 2.45) is 5.92 Å². The van der Waals surface area contributed by atoms with Gasteiger partial charge in [0.05, 0.1) is 6.61 Å². The molecule has 0 aromatic heterocycles. The molecule has 3 atom stereocenters. The van der Waals surface area contributed by atoms with E-state index in [-0.39, 0.29) is 12.0 Å². The SMILES string of the molecule is CCOC(=O)C(CC)NC1CC1C. The highest BCUT2D eigenvalue weighted by atomic mass is 16.5. The molecule has 1 saturated carbocycles. The Hall–Kier alpha value is -0.570. The van der Waals surface area contributed by atoms with Gasteiger partial charge in [-0.3, -0.25) is 4.79 Å². The quantitative estimate of drug-likeness (QED) is 0.657. The van der Waals surface area contributed by atoms with E-state index < -0.39 is 0 Å². The van der Waals surface area contributed by atoms with Crippen LogP contribution < -0.4 is 5.32 Å². The lowest BCUT2D eigenvalue weighted by Gasteiger charge is -2.14. The molecule has 1 aliphatic carbocycles. The molecule has 0 aliphatic heterocycles. The predicted molar refractivity (Wildman–Crippen MR) is 51.4 cm³/mol. The zero-order chi connectivity index (χ0) is 9.84. The predicted octanol–water partition coefficient (Wildman–Crippen LogP) is 1.33. The van der Waals surface area contributed by atoms with Crippen molar-refractivity contribution >= 4 is 5.97 Å². The van der Waals surface area contributed by atoms with Gasteiger partial charge in [0, 0.05) is 6.04 Å². The van der Waals surface area contributed by atoms with E-state index in [1.807, 2.05) is 13.8 Å². The van der Waals surface area contributed by atoms with Gasteiger partial charge in [-0.1, -0.05) is 13.8 Å². The van der Waals surface area contributed by atoms with Crippen molar-refractivity contribution in [1.29, 1.82) is 0 Å². The van der Waals surface area contributed by atoms with Gasteiger partial charge >= 0.3 is 5.97 Å². The van der Waals surface area contributed by atoms with E-state index in [1.165, 1.54) is 6.42 Å². The van der Waals surface area contributed by atoms with Gasteiger partial charge in [0.1, 0.15) is 6.04 Å². The van der Waals surface area contributed by atoms with Crippen molar-refractivity contribution in [2.75, 3.05) is 6.61 Å². The highest BCUT2D eigenvalue weighted by Crippen LogP contribution is 2.29. The number of carbonyl (C=O) groups is 1. The van der Waals surface area contributed by atoms with Crippen LogP contribution in [0.4, 0.5) is 0 Å². The molecule has 0 heterocycles. The van der Waals surface area contributed by atoms with E-state index in [1.54, 1.807) is 0 Å². The van der Waals surface area contributed by atoms with Crippen molar-refractivity contribution in [1.82, 2.24) is 5.32 Å². The summed E-state index contributed by atoms with van der Waals surface area (Å²) in [7, 11) is 0. The number of rotatable bonds is 5. The molecule has 76 valence electrons. The van der Waals surface area contributed by atoms with Gasteiger partial charge in [0.15, 0.2) is 0 Å². The highest BCUT2D eigenvalue weighted by molar-refractivity contribution is 5.75. The first-order valence-electron chi connectivity index (χ1n) is 5.11. The molecule has 3 unspecified atom stereocenters. The van der Waals surface area contributed by atoms with Crippen LogP contribution in [0.5, 0.6) is 0 Å². The van der Waals surface area contributed by atoms with Crippen molar-refractivity contribution in [3.8, 4) is 0 Å². The lowest BCUT2D eigenvalue weighted by Crippen LogP contribution is -2.39. The number of esters is 1. The molecule has 0 amide bonds. The Bertz CT molecular complexity index is 182. The third-order valence-electron chi connectivity index (χ3n) is 2.50. The van der Waals surface area contributed by atoms with Crippen LogP contribution in [0.25, 0.3) is 0 Å². The number of ether oxygens (including phenoxy) is 1. The van der Waals surface area contributed by atoms with E-state index in [0.29, 0.717) is 12.6 Å². The standard InChI is InChI=1S/C10H19NO2/c1-4-8(10(12)13-5-2)11-9-6-7(9)3/h7-9,11H,4-6H2,1-3H3. The maximum absolute atomic E-state index is 11.4. The van der Waals surface area contributed by atoms with Crippen LogP contribution in [0, 0.1) is 5.92 Å². The van der Waals surface area contributed by atoms with E-state index >= 15 is 0 Å². The van der Waals surface area contributed by atoms with Crippen LogP contribution in [0.3, 0.4) is 0 Å². The topological polar surface area (TPSA) is 38.3 Å². The highest BCUT2D eigenvalue weighted by Gasteiger charge is 2.35. The number of carbonyl (C=O) groups excluding carboxylic acids is 1. The fraction of sp³-hybridized carbons (Fsp3) is 0.900. The van der Waals surface area contributed by atoms with Crippen molar-refractivity contribution in [3.05, 3.63) is 0 Å². The molecular weight excluding hydrogens is 166 g/mol. The van der Waals surface area contributed by atoms with Crippen LogP contribution >= 0.6 is 0 Å². The van der Waals surface area contributed by atoms with Gasteiger partial charge in [-0.2, -0.15) is 0 Å². The molecule has 0 aromatic carbocycles. The molecule has 0 spiro atoms. The maximum Gasteiger partial charge on any atom is 0.323 e. The first-order valence-corrected chi connectivity index (χ1v) is 5.11. The summed E-state index contributed by atoms with van der Waals surface area (Å²) in [4.78, 5) is 11.4. The average Bonchev–Trinajstić information content (AvgIpc) is 2.78. The summed E-state index contributed by atoms with van der Waals surface area (Å²) < 4.78 is 4.96.